The van der Waals surface area contributed by atoms with E-state index in [-0.39, 0.29) is 11.5 Å². The van der Waals surface area contributed by atoms with Crippen LogP contribution in [0.4, 0.5) is 0 Å². The average molecular weight is 363 g/mol. The van der Waals surface area contributed by atoms with Crippen LogP contribution < -0.4 is 9.46 Å². The first-order valence-electron chi connectivity index (χ1n) is 7.71. The molecule has 0 spiro atoms. The number of esters is 1. The largest absolute Gasteiger partial charge is 0.497 e. The van der Waals surface area contributed by atoms with Crippen molar-refractivity contribution in [3.05, 3.63) is 59.7 Å². The standard InChI is InChI=1S/C18H21NO5S/c1-13-6-4-5-7-15(13)12-24-18(20)14(2)19-25(21,22)17-10-8-16(23-3)9-11-17/h4-11,14,19H,12H2,1-3H3/t14-/m0/s1. The SMILES string of the molecule is COc1ccc(S(=O)(=O)N[C@@H](C)C(=O)OCc2ccccc2C)cc1. The summed E-state index contributed by atoms with van der Waals surface area (Å²) in [5, 5.41) is 0. The Morgan fingerprint density at radius 1 is 1.12 bits per heavy atom. The lowest BCUT2D eigenvalue weighted by molar-refractivity contribution is -0.146. The highest BCUT2D eigenvalue weighted by Crippen LogP contribution is 2.16. The van der Waals surface area contributed by atoms with Crippen LogP contribution in [0.3, 0.4) is 0 Å². The molecule has 0 fully saturated rings. The van der Waals surface area contributed by atoms with Gasteiger partial charge in [0.2, 0.25) is 10.0 Å². The lowest BCUT2D eigenvalue weighted by Gasteiger charge is -2.14. The second-order valence-electron chi connectivity index (χ2n) is 5.55. The van der Waals surface area contributed by atoms with Gasteiger partial charge in [-0.1, -0.05) is 24.3 Å². The number of hydrogen-bond donors (Lipinski definition) is 1. The van der Waals surface area contributed by atoms with Gasteiger partial charge in [-0.2, -0.15) is 4.72 Å². The van der Waals surface area contributed by atoms with Crippen LogP contribution in [0.1, 0.15) is 18.1 Å². The molecule has 0 aliphatic carbocycles. The highest BCUT2D eigenvalue weighted by atomic mass is 32.2. The van der Waals surface area contributed by atoms with E-state index in [4.69, 9.17) is 9.47 Å². The van der Waals surface area contributed by atoms with Gasteiger partial charge in [0.25, 0.3) is 0 Å². The maximum atomic E-state index is 12.3. The quantitative estimate of drug-likeness (QED) is 0.764. The highest BCUT2D eigenvalue weighted by molar-refractivity contribution is 7.89. The fraction of sp³-hybridized carbons (Fsp3) is 0.278. The van der Waals surface area contributed by atoms with Crippen molar-refractivity contribution in [3.63, 3.8) is 0 Å². The average Bonchev–Trinajstić information content (AvgIpc) is 2.60. The minimum atomic E-state index is -3.83. The van der Waals surface area contributed by atoms with Crippen molar-refractivity contribution in [2.24, 2.45) is 0 Å². The van der Waals surface area contributed by atoms with E-state index >= 15 is 0 Å². The van der Waals surface area contributed by atoms with Crippen molar-refractivity contribution in [1.29, 1.82) is 0 Å². The van der Waals surface area contributed by atoms with E-state index in [1.807, 2.05) is 31.2 Å². The molecule has 0 saturated heterocycles. The number of benzene rings is 2. The zero-order valence-corrected chi connectivity index (χ0v) is 15.2. The van der Waals surface area contributed by atoms with Crippen molar-refractivity contribution >= 4 is 16.0 Å². The number of carbonyl (C=O) groups excluding carboxylic acids is 1. The molecule has 0 radical (unpaired) electrons. The first-order valence-corrected chi connectivity index (χ1v) is 9.19. The highest BCUT2D eigenvalue weighted by Gasteiger charge is 2.23. The van der Waals surface area contributed by atoms with Gasteiger partial charge >= 0.3 is 5.97 Å². The lowest BCUT2D eigenvalue weighted by atomic mass is 10.1. The Morgan fingerprint density at radius 2 is 1.76 bits per heavy atom. The van der Waals surface area contributed by atoms with Crippen LogP contribution >= 0.6 is 0 Å². The molecule has 0 aliphatic rings. The summed E-state index contributed by atoms with van der Waals surface area (Å²) in [6.45, 7) is 3.46. The summed E-state index contributed by atoms with van der Waals surface area (Å²) in [5.74, 6) is -0.0926. The summed E-state index contributed by atoms with van der Waals surface area (Å²) in [7, 11) is -2.33. The molecule has 2 rings (SSSR count). The van der Waals surface area contributed by atoms with Crippen molar-refractivity contribution in [2.45, 2.75) is 31.4 Å². The van der Waals surface area contributed by atoms with Gasteiger partial charge in [-0.05, 0) is 49.2 Å². The molecule has 1 atom stereocenters. The number of rotatable bonds is 7. The van der Waals surface area contributed by atoms with Crippen LogP contribution in [0.25, 0.3) is 0 Å². The topological polar surface area (TPSA) is 81.7 Å². The van der Waals surface area contributed by atoms with Gasteiger partial charge in [0, 0.05) is 0 Å². The van der Waals surface area contributed by atoms with E-state index in [9.17, 15) is 13.2 Å². The normalized spacial score (nSPS) is 12.4. The van der Waals surface area contributed by atoms with Gasteiger partial charge in [-0.3, -0.25) is 4.79 Å². The molecule has 0 unspecified atom stereocenters. The minimum Gasteiger partial charge on any atom is -0.497 e. The summed E-state index contributed by atoms with van der Waals surface area (Å²) in [6.07, 6.45) is 0. The summed E-state index contributed by atoms with van der Waals surface area (Å²) in [6, 6.07) is 12.4. The molecule has 2 aromatic rings. The van der Waals surface area contributed by atoms with Gasteiger partial charge in [-0.15, -0.1) is 0 Å². The summed E-state index contributed by atoms with van der Waals surface area (Å²) < 4.78 is 37.1. The van der Waals surface area contributed by atoms with E-state index in [1.54, 1.807) is 0 Å². The van der Waals surface area contributed by atoms with Crippen molar-refractivity contribution in [1.82, 2.24) is 4.72 Å². The molecular weight excluding hydrogens is 342 g/mol. The molecule has 0 bridgehead atoms. The zero-order chi connectivity index (χ0) is 18.4. The van der Waals surface area contributed by atoms with Gasteiger partial charge < -0.3 is 9.47 Å². The number of hydrogen-bond acceptors (Lipinski definition) is 5. The molecule has 7 heteroatoms. The second-order valence-corrected chi connectivity index (χ2v) is 7.27. The molecule has 1 N–H and O–H groups in total. The molecule has 134 valence electrons. The Balaban J connectivity index is 1.98. The molecule has 0 aromatic heterocycles. The summed E-state index contributed by atoms with van der Waals surface area (Å²) in [4.78, 5) is 12.1. The number of ether oxygens (including phenoxy) is 2. The van der Waals surface area contributed by atoms with Gasteiger partial charge in [-0.25, -0.2) is 8.42 Å². The van der Waals surface area contributed by atoms with Crippen LogP contribution in [-0.4, -0.2) is 27.5 Å². The Hall–Kier alpha value is -2.38. The maximum absolute atomic E-state index is 12.3. The van der Waals surface area contributed by atoms with E-state index in [0.29, 0.717) is 5.75 Å². The maximum Gasteiger partial charge on any atom is 0.324 e. The number of methoxy groups -OCH3 is 1. The molecular formula is C18H21NO5S. The van der Waals surface area contributed by atoms with E-state index in [0.717, 1.165) is 11.1 Å². The van der Waals surface area contributed by atoms with Gasteiger partial charge in [0.15, 0.2) is 0 Å². The predicted octanol–water partition coefficient (Wildman–Crippen LogP) is 2.41. The van der Waals surface area contributed by atoms with Crippen molar-refractivity contribution < 1.29 is 22.7 Å². The van der Waals surface area contributed by atoms with E-state index in [1.165, 1.54) is 38.3 Å². The van der Waals surface area contributed by atoms with Gasteiger partial charge in [0.1, 0.15) is 18.4 Å². The Morgan fingerprint density at radius 3 is 2.36 bits per heavy atom. The number of sulfonamides is 1. The van der Waals surface area contributed by atoms with Gasteiger partial charge in [0.05, 0.1) is 12.0 Å². The van der Waals surface area contributed by atoms with Crippen LogP contribution in [0.2, 0.25) is 0 Å². The summed E-state index contributed by atoms with van der Waals surface area (Å²) >= 11 is 0. The smallest absolute Gasteiger partial charge is 0.324 e. The molecule has 0 saturated carbocycles. The molecule has 0 amide bonds. The van der Waals surface area contributed by atoms with Crippen LogP contribution in [0.5, 0.6) is 5.75 Å². The lowest BCUT2D eigenvalue weighted by Crippen LogP contribution is -2.39. The third-order valence-corrected chi connectivity index (χ3v) is 5.24. The van der Waals surface area contributed by atoms with E-state index < -0.39 is 22.0 Å². The van der Waals surface area contributed by atoms with Crippen LogP contribution in [0.15, 0.2) is 53.4 Å². The van der Waals surface area contributed by atoms with Crippen molar-refractivity contribution in [3.8, 4) is 5.75 Å². The predicted molar refractivity (Wildman–Crippen MR) is 93.8 cm³/mol. The summed E-state index contributed by atoms with van der Waals surface area (Å²) in [5.41, 5.74) is 1.88. The Bertz CT molecular complexity index is 831. The second kappa shape index (κ2) is 8.13. The molecule has 2 aromatic carbocycles. The first-order chi connectivity index (χ1) is 11.8. The first kappa shape index (κ1) is 19.0. The van der Waals surface area contributed by atoms with E-state index in [2.05, 4.69) is 4.72 Å². The number of carbonyl (C=O) groups is 1. The van der Waals surface area contributed by atoms with Crippen LogP contribution in [0, 0.1) is 6.92 Å². The minimum absolute atomic E-state index is 0.0480. The Kier molecular flexibility index (Phi) is 6.17. The fourth-order valence-corrected chi connectivity index (χ4v) is 3.34. The zero-order valence-electron chi connectivity index (χ0n) is 14.4. The Labute approximate surface area is 147 Å². The molecule has 6 nitrogen and oxygen atoms in total. The molecule has 0 heterocycles. The monoisotopic (exact) mass is 363 g/mol. The van der Waals surface area contributed by atoms with Crippen LogP contribution in [-0.2, 0) is 26.2 Å². The number of aryl methyl sites for hydroxylation is 1. The molecule has 25 heavy (non-hydrogen) atoms. The number of nitrogens with one attached hydrogen (secondary N) is 1. The fourth-order valence-electron chi connectivity index (χ4n) is 2.15. The third kappa shape index (κ3) is 5.04. The van der Waals surface area contributed by atoms with Crippen molar-refractivity contribution in [2.75, 3.05) is 7.11 Å². The molecule has 0 aliphatic heterocycles. The third-order valence-electron chi connectivity index (χ3n) is 3.69.